The van der Waals surface area contributed by atoms with Crippen LogP contribution >= 0.6 is 0 Å². The average Bonchev–Trinajstić information content (AvgIpc) is 3.72. The molecule has 0 aliphatic rings. The van der Waals surface area contributed by atoms with Crippen LogP contribution in [0.1, 0.15) is 72.4 Å². The highest BCUT2D eigenvalue weighted by Crippen LogP contribution is 2.29. The number of aromatic nitrogens is 5. The number of hydrogen-bond donors (Lipinski definition) is 2. The third kappa shape index (κ3) is 6.99. The van der Waals surface area contributed by atoms with E-state index in [1.807, 2.05) is 62.7 Å². The molecule has 0 saturated heterocycles. The molecule has 6 aromatic rings. The summed E-state index contributed by atoms with van der Waals surface area (Å²) in [6, 6.07) is 25.2. The number of carbonyl (C=O) groups excluding carboxylic acids is 1. The number of rotatable bonds is 10. The lowest BCUT2D eigenvalue weighted by molar-refractivity contribution is 0.0937. The van der Waals surface area contributed by atoms with E-state index in [-0.39, 0.29) is 17.1 Å². The molecular weight excluding hydrogens is 574 g/mol. The van der Waals surface area contributed by atoms with Crippen LogP contribution in [-0.4, -0.2) is 30.6 Å². The summed E-state index contributed by atoms with van der Waals surface area (Å²) in [6.07, 6.45) is 8.03. The molecule has 0 radical (unpaired) electrons. The zero-order chi connectivity index (χ0) is 32.3. The van der Waals surface area contributed by atoms with E-state index < -0.39 is 0 Å². The van der Waals surface area contributed by atoms with Gasteiger partial charge >= 0.3 is 0 Å². The van der Waals surface area contributed by atoms with Crippen molar-refractivity contribution >= 4 is 17.1 Å². The first kappa shape index (κ1) is 30.7. The first-order valence-corrected chi connectivity index (χ1v) is 15.6. The number of nitrogens with two attached hydrogens (primary N) is 1. The Hall–Kier alpha value is -5.31. The maximum Gasteiger partial charge on any atom is 0.292 e. The molecule has 6 rings (SSSR count). The molecule has 0 atom stereocenters. The third-order valence-electron chi connectivity index (χ3n) is 8.18. The van der Waals surface area contributed by atoms with Gasteiger partial charge in [-0.1, -0.05) is 74.5 Å². The number of hydrogen-bond acceptors (Lipinski definition) is 7. The number of carbonyl (C=O) groups is 1. The topological polar surface area (TPSA) is 124 Å². The van der Waals surface area contributed by atoms with E-state index in [4.69, 9.17) is 10.3 Å². The number of nitrogens with one attached hydrogen (secondary N) is 1. The lowest BCUT2D eigenvalue weighted by atomic mass is 9.97. The van der Waals surface area contributed by atoms with Crippen LogP contribution in [-0.2, 0) is 24.8 Å². The highest BCUT2D eigenvalue weighted by molar-refractivity contribution is 5.90. The summed E-state index contributed by atoms with van der Waals surface area (Å²) in [4.78, 5) is 21.5. The van der Waals surface area contributed by atoms with Crippen molar-refractivity contribution in [2.24, 2.45) is 0 Å². The fraction of sp³-hybridized carbons (Fsp3) is 0.270. The van der Waals surface area contributed by atoms with E-state index in [2.05, 4.69) is 74.1 Å². The van der Waals surface area contributed by atoms with Crippen LogP contribution in [0.4, 0.5) is 5.69 Å². The van der Waals surface area contributed by atoms with Gasteiger partial charge in [0.25, 0.3) is 11.7 Å². The van der Waals surface area contributed by atoms with Crippen LogP contribution in [0.3, 0.4) is 0 Å². The molecule has 9 nitrogen and oxygen atoms in total. The molecule has 3 aromatic carbocycles. The van der Waals surface area contributed by atoms with Gasteiger partial charge in [-0.2, -0.15) is 10.1 Å². The van der Waals surface area contributed by atoms with Crippen molar-refractivity contribution in [3.63, 3.8) is 0 Å². The summed E-state index contributed by atoms with van der Waals surface area (Å²) in [5, 5.41) is 11.2. The third-order valence-corrected chi connectivity index (χ3v) is 8.18. The van der Waals surface area contributed by atoms with Crippen LogP contribution in [0.5, 0.6) is 0 Å². The van der Waals surface area contributed by atoms with Gasteiger partial charge in [-0.05, 0) is 84.7 Å². The second-order valence-electron chi connectivity index (χ2n) is 12.8. The van der Waals surface area contributed by atoms with Gasteiger partial charge in [0.2, 0.25) is 5.89 Å². The molecule has 0 saturated carbocycles. The molecule has 0 bridgehead atoms. The van der Waals surface area contributed by atoms with Crippen LogP contribution in [0.15, 0.2) is 89.8 Å². The Morgan fingerprint density at radius 2 is 1.57 bits per heavy atom. The lowest BCUT2D eigenvalue weighted by Crippen LogP contribution is -2.24. The van der Waals surface area contributed by atoms with Crippen LogP contribution in [0, 0.1) is 6.92 Å². The molecule has 0 aliphatic heterocycles. The Morgan fingerprint density at radius 1 is 0.891 bits per heavy atom. The molecule has 0 spiro atoms. The summed E-state index contributed by atoms with van der Waals surface area (Å²) in [5.41, 5.74) is 16.0. The van der Waals surface area contributed by atoms with Crippen molar-refractivity contribution < 1.29 is 9.32 Å². The number of unbranched alkanes of at least 4 members (excludes halogenated alkanes) is 1. The fourth-order valence-corrected chi connectivity index (χ4v) is 5.43. The number of benzene rings is 3. The zero-order valence-electron chi connectivity index (χ0n) is 26.7. The molecule has 3 heterocycles. The quantitative estimate of drug-likeness (QED) is 0.124. The second-order valence-corrected chi connectivity index (χ2v) is 12.8. The first-order valence-electron chi connectivity index (χ1n) is 15.6. The van der Waals surface area contributed by atoms with Crippen molar-refractivity contribution in [2.75, 3.05) is 5.73 Å². The summed E-state index contributed by atoms with van der Waals surface area (Å²) in [7, 11) is 0. The molecule has 3 N–H and O–H groups in total. The largest absolute Gasteiger partial charge is 0.399 e. The number of amides is 1. The first-order chi connectivity index (χ1) is 22.1. The van der Waals surface area contributed by atoms with Gasteiger partial charge in [0.05, 0.1) is 11.2 Å². The summed E-state index contributed by atoms with van der Waals surface area (Å²) in [5.74, 6) is 0.0900. The van der Waals surface area contributed by atoms with Gasteiger partial charge in [-0.25, -0.2) is 9.50 Å². The lowest BCUT2D eigenvalue weighted by Gasteiger charge is -2.10. The number of nitrogens with zero attached hydrogens (tertiary/aromatic N) is 5. The molecule has 0 unspecified atom stereocenters. The van der Waals surface area contributed by atoms with E-state index in [0.717, 1.165) is 70.4 Å². The molecule has 1 amide bonds. The van der Waals surface area contributed by atoms with Gasteiger partial charge < -0.3 is 15.6 Å². The highest BCUT2D eigenvalue weighted by atomic mass is 16.5. The van der Waals surface area contributed by atoms with Crippen molar-refractivity contribution in [3.8, 4) is 22.4 Å². The van der Waals surface area contributed by atoms with E-state index in [9.17, 15) is 4.79 Å². The minimum absolute atomic E-state index is 0.0340. The molecule has 46 heavy (non-hydrogen) atoms. The summed E-state index contributed by atoms with van der Waals surface area (Å²) in [6.45, 7) is 8.24. The van der Waals surface area contributed by atoms with Crippen molar-refractivity contribution in [3.05, 3.63) is 119 Å². The van der Waals surface area contributed by atoms with Gasteiger partial charge in [0.15, 0.2) is 0 Å². The van der Waals surface area contributed by atoms with E-state index in [1.165, 1.54) is 11.1 Å². The van der Waals surface area contributed by atoms with Crippen molar-refractivity contribution in [1.82, 2.24) is 30.1 Å². The maximum atomic E-state index is 12.6. The number of anilines is 1. The SMILES string of the molecule is Cc1cc(-c2ncnn3cc(-c4ccc(CCCCc5ccc(N)cc5)cc4)cc23)ccc1CNC(=O)c1noc(C(C)(C)C)n1. The monoisotopic (exact) mass is 613 g/mol. The summed E-state index contributed by atoms with van der Waals surface area (Å²) >= 11 is 0. The Bertz CT molecular complexity index is 1970. The molecule has 234 valence electrons. The van der Waals surface area contributed by atoms with Crippen molar-refractivity contribution in [2.45, 2.75) is 65.3 Å². The predicted octanol–water partition coefficient (Wildman–Crippen LogP) is 7.13. The number of nitrogen functional groups attached to an aromatic ring is 1. The van der Waals surface area contributed by atoms with Gasteiger partial charge in [0.1, 0.15) is 6.33 Å². The second kappa shape index (κ2) is 13.0. The Kier molecular flexibility index (Phi) is 8.66. The average molecular weight is 614 g/mol. The highest BCUT2D eigenvalue weighted by Gasteiger charge is 2.24. The number of fused-ring (bicyclic) bond motifs is 1. The maximum absolute atomic E-state index is 12.6. The normalized spacial score (nSPS) is 11.7. The molecule has 0 aliphatic carbocycles. The van der Waals surface area contributed by atoms with Gasteiger partial charge in [0, 0.05) is 35.0 Å². The minimum Gasteiger partial charge on any atom is -0.399 e. The molecular formula is C37H39N7O2. The van der Waals surface area contributed by atoms with Gasteiger partial charge in [-0.15, -0.1) is 0 Å². The Balaban J connectivity index is 1.10. The standard InChI is InChI=1S/C37H39N7O2/c1-24-19-28(15-16-29(24)21-39-35(45)34-42-36(46-43-34)37(2,3)4)33-32-20-30(22-44(32)41-23-40-33)27-13-9-25(10-14-27)7-5-6-8-26-11-17-31(38)18-12-26/h9-20,22-23H,5-8,21,38H2,1-4H3,(H,39,45). The molecule has 3 aromatic heterocycles. The Morgan fingerprint density at radius 3 is 2.22 bits per heavy atom. The predicted molar refractivity (Wildman–Crippen MR) is 180 cm³/mol. The van der Waals surface area contributed by atoms with E-state index >= 15 is 0 Å². The summed E-state index contributed by atoms with van der Waals surface area (Å²) < 4.78 is 7.13. The molecule has 9 heteroatoms. The van der Waals surface area contributed by atoms with E-state index in [0.29, 0.717) is 12.4 Å². The fourth-order valence-electron chi connectivity index (χ4n) is 5.43. The Labute approximate surface area is 268 Å². The van der Waals surface area contributed by atoms with Gasteiger partial charge in [-0.3, -0.25) is 4.79 Å². The van der Waals surface area contributed by atoms with Crippen LogP contribution in [0.2, 0.25) is 0 Å². The van der Waals surface area contributed by atoms with Crippen molar-refractivity contribution in [1.29, 1.82) is 0 Å². The van der Waals surface area contributed by atoms with Crippen LogP contribution < -0.4 is 11.1 Å². The number of aryl methyl sites for hydroxylation is 3. The van der Waals surface area contributed by atoms with E-state index in [1.54, 1.807) is 6.33 Å². The molecule has 0 fully saturated rings. The van der Waals surface area contributed by atoms with Crippen LogP contribution in [0.25, 0.3) is 27.9 Å². The minimum atomic E-state index is -0.372. The smallest absolute Gasteiger partial charge is 0.292 e. The zero-order valence-corrected chi connectivity index (χ0v) is 26.7.